The first kappa shape index (κ1) is 46.7. The van der Waals surface area contributed by atoms with Gasteiger partial charge in [-0.2, -0.15) is 11.3 Å². The van der Waals surface area contributed by atoms with Crippen molar-refractivity contribution in [3.05, 3.63) is 149 Å². The van der Waals surface area contributed by atoms with Crippen molar-refractivity contribution in [3.63, 3.8) is 0 Å². The maximum atomic E-state index is 4.35. The lowest BCUT2D eigenvalue weighted by Gasteiger charge is -2.43. The molecule has 2 unspecified atom stereocenters. The first-order chi connectivity index (χ1) is 28.4. The van der Waals surface area contributed by atoms with E-state index in [9.17, 15) is 0 Å². The molecule has 61 heavy (non-hydrogen) atoms. The number of fused-ring (bicyclic) bond motifs is 3. The summed E-state index contributed by atoms with van der Waals surface area (Å²) < 4.78 is 1.43. The molecule has 324 valence electrons. The van der Waals surface area contributed by atoms with Crippen LogP contribution in [0.4, 0.5) is 11.4 Å². The Morgan fingerprint density at radius 1 is 0.918 bits per heavy atom. The van der Waals surface area contributed by atoms with Crippen LogP contribution in [0.2, 0.25) is 19.6 Å². The highest BCUT2D eigenvalue weighted by atomic mass is 32.1. The van der Waals surface area contributed by atoms with Gasteiger partial charge in [0.15, 0.2) is 0 Å². The highest BCUT2D eigenvalue weighted by Gasteiger charge is 2.48. The Kier molecular flexibility index (Phi) is 13.3. The maximum Gasteiger partial charge on any atom is 0.253 e. The molecule has 1 N–H and O–H groups in total. The fraction of sp³-hybridized carbons (Fsp3) is 0.464. The van der Waals surface area contributed by atoms with Crippen molar-refractivity contribution in [2.24, 2.45) is 23.2 Å². The molecule has 3 aromatic rings. The summed E-state index contributed by atoms with van der Waals surface area (Å²) in [5, 5.41) is 5.51. The van der Waals surface area contributed by atoms with Crippen LogP contribution in [0.15, 0.2) is 127 Å². The SMILES string of the molecule is C=C/C=C1\C(=C\NC2=CCC(C(C)(C)C)C=C2c2ccc([Si](C)(C)C)cc2)B(/C=C/CC(C=C)C(C)C)c2sc3c(c2N1c1ccc(C(C)(C)C)cc1)C(C)(C)CCC3(C)C. The average Bonchev–Trinajstić information content (AvgIpc) is 3.60. The molecule has 3 aliphatic rings. The van der Waals surface area contributed by atoms with Crippen LogP contribution in [0.25, 0.3) is 5.57 Å². The van der Waals surface area contributed by atoms with Gasteiger partial charge in [-0.25, -0.2) is 0 Å². The molecular weight excluding hydrogens is 772 g/mol. The van der Waals surface area contributed by atoms with Crippen LogP contribution in [0.1, 0.15) is 130 Å². The van der Waals surface area contributed by atoms with E-state index >= 15 is 0 Å². The van der Waals surface area contributed by atoms with Crippen LogP contribution in [-0.4, -0.2) is 14.8 Å². The third-order valence-corrected chi connectivity index (χ3v) is 17.6. The highest BCUT2D eigenvalue weighted by molar-refractivity contribution is 7.26. The topological polar surface area (TPSA) is 15.3 Å². The Bertz CT molecular complexity index is 2250. The zero-order chi connectivity index (χ0) is 44.9. The number of anilines is 2. The van der Waals surface area contributed by atoms with Gasteiger partial charge in [0.25, 0.3) is 6.71 Å². The minimum atomic E-state index is -1.44. The zero-order valence-electron chi connectivity index (χ0n) is 40.6. The van der Waals surface area contributed by atoms with Crippen LogP contribution >= 0.6 is 11.3 Å². The number of nitrogens with zero attached hydrogens (tertiary/aromatic N) is 1. The van der Waals surface area contributed by atoms with E-state index in [0.717, 1.165) is 19.3 Å². The normalized spacial score (nSPS) is 21.0. The van der Waals surface area contributed by atoms with Crippen LogP contribution < -0.4 is 20.2 Å². The van der Waals surface area contributed by atoms with Crippen LogP contribution in [0, 0.1) is 23.2 Å². The molecule has 1 aromatic heterocycles. The van der Waals surface area contributed by atoms with Crippen molar-refractivity contribution in [1.29, 1.82) is 0 Å². The van der Waals surface area contributed by atoms with Gasteiger partial charge in [-0.15, -0.1) is 12.6 Å². The molecule has 6 rings (SSSR count). The summed E-state index contributed by atoms with van der Waals surface area (Å²) in [5.74, 6) is 3.90. The molecule has 2 nitrogen and oxygen atoms in total. The van der Waals surface area contributed by atoms with Crippen LogP contribution in [-0.2, 0) is 16.2 Å². The number of benzene rings is 2. The van der Waals surface area contributed by atoms with Crippen molar-refractivity contribution in [1.82, 2.24) is 5.32 Å². The van der Waals surface area contributed by atoms with Crippen molar-refractivity contribution in [2.45, 2.75) is 145 Å². The molecule has 0 fully saturated rings. The number of nitrogens with one attached hydrogen (secondary N) is 1. The molecule has 2 aliphatic carbocycles. The van der Waals surface area contributed by atoms with E-state index in [-0.39, 0.29) is 28.4 Å². The van der Waals surface area contributed by atoms with Gasteiger partial charge < -0.3 is 10.2 Å². The monoisotopic (exact) mass is 849 g/mol. The lowest BCUT2D eigenvalue weighted by atomic mass is 9.40. The average molecular weight is 849 g/mol. The highest BCUT2D eigenvalue weighted by Crippen LogP contribution is 2.55. The van der Waals surface area contributed by atoms with Gasteiger partial charge in [0.2, 0.25) is 0 Å². The lowest BCUT2D eigenvalue weighted by Crippen LogP contribution is -2.44. The Morgan fingerprint density at radius 2 is 1.56 bits per heavy atom. The summed E-state index contributed by atoms with van der Waals surface area (Å²) >= 11 is 2.06. The number of rotatable bonds is 11. The summed E-state index contributed by atoms with van der Waals surface area (Å²) in [6.45, 7) is 44.5. The van der Waals surface area contributed by atoms with Gasteiger partial charge in [0.05, 0.1) is 13.8 Å². The van der Waals surface area contributed by atoms with Gasteiger partial charge in [-0.3, -0.25) is 0 Å². The van der Waals surface area contributed by atoms with E-state index in [1.165, 1.54) is 71.8 Å². The van der Waals surface area contributed by atoms with Gasteiger partial charge in [-0.05, 0) is 112 Å². The van der Waals surface area contributed by atoms with E-state index in [1.54, 1.807) is 0 Å². The fourth-order valence-electron chi connectivity index (χ4n) is 9.43. The van der Waals surface area contributed by atoms with E-state index in [4.69, 9.17) is 0 Å². The van der Waals surface area contributed by atoms with Crippen molar-refractivity contribution in [3.8, 4) is 0 Å². The lowest BCUT2D eigenvalue weighted by molar-refractivity contribution is 0.293. The molecular formula is C56H77BN2SSi. The molecule has 0 radical (unpaired) electrons. The van der Waals surface area contributed by atoms with E-state index in [0.29, 0.717) is 17.8 Å². The summed E-state index contributed by atoms with van der Waals surface area (Å²) in [7, 11) is -1.44. The van der Waals surface area contributed by atoms with Crippen LogP contribution in [0.3, 0.4) is 0 Å². The number of hydrogen-bond acceptors (Lipinski definition) is 3. The van der Waals surface area contributed by atoms with E-state index in [1.807, 2.05) is 6.08 Å². The maximum absolute atomic E-state index is 4.35. The molecule has 0 amide bonds. The predicted molar refractivity (Wildman–Crippen MR) is 277 cm³/mol. The van der Waals surface area contributed by atoms with Crippen molar-refractivity contribution < 1.29 is 0 Å². The second-order valence-electron chi connectivity index (χ2n) is 23.0. The first-order valence-corrected chi connectivity index (χ1v) is 27.4. The molecule has 5 heteroatoms. The fourth-order valence-corrected chi connectivity index (χ4v) is 12.3. The van der Waals surface area contributed by atoms with Crippen molar-refractivity contribution >= 4 is 53.0 Å². The summed E-state index contributed by atoms with van der Waals surface area (Å²) in [6.07, 6.45) is 20.5. The standard InChI is InChI=1S/C56H77BN2SSi/c1-18-21-48-46(37-58-47-32-27-42(54(8,9)10)36-45(47)40-23-30-44(31-24-40)61(15,16)17)57(35-20-22-39(19-2)38(3)4)52-50(49-51(60-52)56(13,14)34-33-55(49,11)12)59(48)43-28-25-41(26-29-43)53(5,6)7/h18-21,23-26,28-32,35-39,42,58H,1-2,22,27,33-34H2,3-17H3/b35-20+,46-37-,48-21+. The molecule has 1 aliphatic heterocycles. The van der Waals surface area contributed by atoms with Gasteiger partial charge in [0.1, 0.15) is 0 Å². The molecule has 0 saturated heterocycles. The second-order valence-corrected chi connectivity index (χ2v) is 29.1. The molecule has 2 aromatic carbocycles. The molecule has 0 saturated carbocycles. The van der Waals surface area contributed by atoms with Gasteiger partial charge in [-0.1, -0.05) is 181 Å². The number of allylic oxidation sites excluding steroid dienone is 8. The number of thiophene rings is 1. The third kappa shape index (κ3) is 9.74. The third-order valence-electron chi connectivity index (χ3n) is 13.9. The Labute approximate surface area is 377 Å². The largest absolute Gasteiger partial charge is 0.362 e. The Hall–Kier alpha value is -3.80. The van der Waals surface area contributed by atoms with E-state index < -0.39 is 8.07 Å². The van der Waals surface area contributed by atoms with E-state index in [2.05, 4.69) is 229 Å². The quantitative estimate of drug-likeness (QED) is 0.153. The molecule has 0 bridgehead atoms. The summed E-state index contributed by atoms with van der Waals surface area (Å²) in [4.78, 5) is 4.13. The molecule has 0 spiro atoms. The Balaban J connectivity index is 1.60. The predicted octanol–water partition coefficient (Wildman–Crippen LogP) is 14.9. The van der Waals surface area contributed by atoms with Gasteiger partial charge in [0, 0.05) is 32.3 Å². The van der Waals surface area contributed by atoms with Crippen molar-refractivity contribution in [2.75, 3.05) is 4.90 Å². The first-order valence-electron chi connectivity index (χ1n) is 23.1. The number of hydrogen-bond donors (Lipinski definition) is 1. The van der Waals surface area contributed by atoms with Crippen LogP contribution in [0.5, 0.6) is 0 Å². The molecule has 2 heterocycles. The minimum Gasteiger partial charge on any atom is -0.362 e. The zero-order valence-corrected chi connectivity index (χ0v) is 42.5. The minimum absolute atomic E-state index is 0.0262. The second kappa shape index (κ2) is 17.4. The smallest absolute Gasteiger partial charge is 0.253 e. The Morgan fingerprint density at radius 3 is 2.11 bits per heavy atom. The van der Waals surface area contributed by atoms with Gasteiger partial charge >= 0.3 is 0 Å². The summed E-state index contributed by atoms with van der Waals surface area (Å²) in [5.41, 5.74) is 11.9. The molecule has 2 atom stereocenters. The summed E-state index contributed by atoms with van der Waals surface area (Å²) in [6, 6.07) is 18.9.